The van der Waals surface area contributed by atoms with Gasteiger partial charge in [-0.3, -0.25) is 9.59 Å². The van der Waals surface area contributed by atoms with Crippen LogP contribution < -0.4 is 11.5 Å². The highest BCUT2D eigenvalue weighted by Crippen LogP contribution is 2.44. The smallest absolute Gasteiger partial charge is 0.162 e. The predicted molar refractivity (Wildman–Crippen MR) is 141 cm³/mol. The van der Waals surface area contributed by atoms with E-state index in [0.717, 1.165) is 55.9 Å². The summed E-state index contributed by atoms with van der Waals surface area (Å²) in [5.41, 5.74) is 13.3. The van der Waals surface area contributed by atoms with Crippen LogP contribution in [0.25, 0.3) is 0 Å². The average Bonchev–Trinajstić information content (AvgIpc) is 2.89. The number of aliphatic hydroxyl groups excluding tert-OH is 1. The van der Waals surface area contributed by atoms with Gasteiger partial charge in [-0.05, 0) is 73.3 Å². The molecule has 7 heteroatoms. The molecule has 1 fully saturated rings. The number of hydrogen-bond acceptors (Lipinski definition) is 5. The first-order valence-electron chi connectivity index (χ1n) is 13.4. The number of halogens is 2. The molecule has 3 atom stereocenters. The summed E-state index contributed by atoms with van der Waals surface area (Å²) in [6.07, 6.45) is 6.37. The maximum Gasteiger partial charge on any atom is 0.162 e. The van der Waals surface area contributed by atoms with Gasteiger partial charge < -0.3 is 16.6 Å². The van der Waals surface area contributed by atoms with Gasteiger partial charge in [0.15, 0.2) is 5.78 Å². The van der Waals surface area contributed by atoms with Crippen molar-refractivity contribution in [2.75, 3.05) is 0 Å². The Morgan fingerprint density at radius 3 is 2.30 bits per heavy atom. The molecule has 5 N–H and O–H groups in total. The molecule has 5 nitrogen and oxygen atoms in total. The van der Waals surface area contributed by atoms with E-state index in [1.165, 1.54) is 0 Å². The average molecular weight is 515 g/mol. The number of rotatable bonds is 14. The van der Waals surface area contributed by atoms with Crippen LogP contribution in [-0.4, -0.2) is 34.9 Å². The Morgan fingerprint density at radius 1 is 0.919 bits per heavy atom. The summed E-state index contributed by atoms with van der Waals surface area (Å²) >= 11 is 0. The number of hydrogen-bond donors (Lipinski definition) is 3. The lowest BCUT2D eigenvalue weighted by atomic mass is 9.67. The Bertz CT molecular complexity index is 1020. The third kappa shape index (κ3) is 9.09. The summed E-state index contributed by atoms with van der Waals surface area (Å²) in [6.45, 7) is 0. The van der Waals surface area contributed by atoms with Crippen molar-refractivity contribution in [1.29, 1.82) is 0 Å². The molecule has 1 saturated carbocycles. The van der Waals surface area contributed by atoms with Gasteiger partial charge in [-0.15, -0.1) is 0 Å². The maximum atomic E-state index is 13.9. The van der Waals surface area contributed by atoms with Crippen LogP contribution in [0, 0.1) is 17.0 Å². The highest BCUT2D eigenvalue weighted by molar-refractivity contribution is 5.83. The second kappa shape index (κ2) is 13.9. The van der Waals surface area contributed by atoms with E-state index in [9.17, 15) is 23.5 Å². The molecule has 3 unspecified atom stereocenters. The number of ketones is 2. The van der Waals surface area contributed by atoms with Gasteiger partial charge in [-0.1, -0.05) is 49.6 Å². The molecule has 2 aromatic rings. The second-order valence-corrected chi connectivity index (χ2v) is 10.8. The Morgan fingerprint density at radius 2 is 1.59 bits per heavy atom. The third-order valence-electron chi connectivity index (χ3n) is 7.78. The zero-order valence-electron chi connectivity index (χ0n) is 21.5. The molecular formula is C30H40F2N2O3. The van der Waals surface area contributed by atoms with Crippen molar-refractivity contribution >= 4 is 11.6 Å². The molecule has 0 heterocycles. The zero-order chi connectivity index (χ0) is 26.8. The number of nitrogens with two attached hydrogens (primary N) is 2. The molecule has 0 aromatic heterocycles. The van der Waals surface area contributed by atoms with Crippen LogP contribution in [0.3, 0.4) is 0 Å². The number of Topliss-reactive ketones (excluding diaryl/α,β-unsaturated/α-hetero) is 2. The molecule has 37 heavy (non-hydrogen) atoms. The van der Waals surface area contributed by atoms with Crippen molar-refractivity contribution in [3.63, 3.8) is 0 Å². The highest BCUT2D eigenvalue weighted by Gasteiger charge is 2.34. The van der Waals surface area contributed by atoms with Crippen LogP contribution in [0.2, 0.25) is 0 Å². The molecular weight excluding hydrogens is 474 g/mol. The fourth-order valence-corrected chi connectivity index (χ4v) is 5.55. The van der Waals surface area contributed by atoms with E-state index >= 15 is 0 Å². The molecule has 0 spiro atoms. The molecule has 0 saturated heterocycles. The summed E-state index contributed by atoms with van der Waals surface area (Å²) in [6, 6.07) is 11.5. The minimum absolute atomic E-state index is 0.00879. The van der Waals surface area contributed by atoms with Crippen molar-refractivity contribution in [2.45, 2.75) is 95.2 Å². The van der Waals surface area contributed by atoms with Crippen molar-refractivity contribution in [3.8, 4) is 0 Å². The van der Waals surface area contributed by atoms with Crippen LogP contribution in [-0.2, 0) is 22.4 Å². The Kier molecular flexibility index (Phi) is 10.9. The van der Waals surface area contributed by atoms with Gasteiger partial charge in [0.1, 0.15) is 23.5 Å². The molecule has 0 bridgehead atoms. The lowest BCUT2D eigenvalue weighted by Gasteiger charge is -2.38. The Hall–Kier alpha value is -2.48. The quantitative estimate of drug-likeness (QED) is 0.336. The van der Waals surface area contributed by atoms with Crippen LogP contribution >= 0.6 is 0 Å². The van der Waals surface area contributed by atoms with E-state index < -0.39 is 29.8 Å². The van der Waals surface area contributed by atoms with Crippen LogP contribution in [0.1, 0.15) is 75.3 Å². The second-order valence-electron chi connectivity index (χ2n) is 10.8. The minimum atomic E-state index is -1.22. The van der Waals surface area contributed by atoms with E-state index in [-0.39, 0.29) is 41.8 Å². The van der Waals surface area contributed by atoms with Gasteiger partial charge in [0.05, 0.1) is 0 Å². The van der Waals surface area contributed by atoms with E-state index in [4.69, 9.17) is 11.5 Å². The summed E-state index contributed by atoms with van der Waals surface area (Å²) in [5.74, 6) is -1.32. The van der Waals surface area contributed by atoms with Crippen molar-refractivity contribution in [1.82, 2.24) is 0 Å². The van der Waals surface area contributed by atoms with E-state index in [1.54, 1.807) is 0 Å². The summed E-state index contributed by atoms with van der Waals surface area (Å²) in [7, 11) is 0. The van der Waals surface area contributed by atoms with Crippen LogP contribution in [0.15, 0.2) is 48.5 Å². The summed E-state index contributed by atoms with van der Waals surface area (Å²) in [4.78, 5) is 25.5. The first-order valence-corrected chi connectivity index (χ1v) is 13.4. The number of carbonyl (C=O) groups is 2. The molecule has 202 valence electrons. The summed E-state index contributed by atoms with van der Waals surface area (Å²) in [5, 5.41) is 10.5. The number of benzene rings is 2. The lowest BCUT2D eigenvalue weighted by molar-refractivity contribution is -0.128. The van der Waals surface area contributed by atoms with Gasteiger partial charge >= 0.3 is 0 Å². The van der Waals surface area contributed by atoms with Crippen LogP contribution in [0.4, 0.5) is 8.78 Å². The number of aliphatic hydroxyl groups is 1. The maximum absolute atomic E-state index is 13.9. The molecule has 3 rings (SSSR count). The van der Waals surface area contributed by atoms with Crippen molar-refractivity contribution in [2.24, 2.45) is 16.9 Å². The van der Waals surface area contributed by atoms with Gasteiger partial charge in [0.2, 0.25) is 0 Å². The molecule has 0 radical (unpaired) electrons. The van der Waals surface area contributed by atoms with E-state index in [1.807, 2.05) is 30.3 Å². The van der Waals surface area contributed by atoms with E-state index in [2.05, 4.69) is 0 Å². The molecule has 1 aliphatic carbocycles. The minimum Gasteiger partial charge on any atom is -0.384 e. The van der Waals surface area contributed by atoms with Gasteiger partial charge in [0, 0.05) is 31.3 Å². The first-order chi connectivity index (χ1) is 17.7. The molecule has 0 aliphatic heterocycles. The monoisotopic (exact) mass is 514 g/mol. The fourth-order valence-electron chi connectivity index (χ4n) is 5.55. The third-order valence-corrected chi connectivity index (χ3v) is 7.78. The van der Waals surface area contributed by atoms with Crippen molar-refractivity contribution < 1.29 is 23.5 Å². The molecule has 2 aromatic carbocycles. The predicted octanol–water partition coefficient (Wildman–Crippen LogP) is 4.80. The summed E-state index contributed by atoms with van der Waals surface area (Å²) < 4.78 is 27.3. The van der Waals surface area contributed by atoms with Gasteiger partial charge in [0.25, 0.3) is 0 Å². The van der Waals surface area contributed by atoms with E-state index in [0.29, 0.717) is 25.7 Å². The zero-order valence-corrected chi connectivity index (χ0v) is 21.5. The number of carbonyl (C=O) groups excluding carboxylic acids is 2. The van der Waals surface area contributed by atoms with Crippen LogP contribution in [0.5, 0.6) is 0 Å². The molecule has 1 aliphatic rings. The van der Waals surface area contributed by atoms with Gasteiger partial charge in [-0.25, -0.2) is 8.78 Å². The molecule has 0 amide bonds. The first kappa shape index (κ1) is 29.1. The standard InChI is InChI=1S/C30H40F2N2O3/c31-23-9-10-26(32)22(18-23)19-24(33)20-25(35)11-15-30(13-5-2-6-14-30)16-12-28(36)29(37)27(34)17-21-7-3-1-4-8-21/h1,3-4,7-10,18,24,27,29,37H,2,5-6,11-17,19-20,33-34H2. The SMILES string of the molecule is NC(CC(=O)CCC1(CCC(=O)C(O)C(N)Cc2ccccc2)CCCCC1)Cc1cc(F)ccc1F. The van der Waals surface area contributed by atoms with Crippen molar-refractivity contribution in [3.05, 3.63) is 71.3 Å². The normalized spacial score (nSPS) is 17.6. The van der Waals surface area contributed by atoms with Gasteiger partial charge in [-0.2, -0.15) is 0 Å². The largest absolute Gasteiger partial charge is 0.384 e. The fraction of sp³-hybridized carbons (Fsp3) is 0.533. The topological polar surface area (TPSA) is 106 Å². The lowest BCUT2D eigenvalue weighted by Crippen LogP contribution is -2.42. The Labute approximate surface area is 218 Å². The Balaban J connectivity index is 1.50. The highest BCUT2D eigenvalue weighted by atomic mass is 19.1.